The van der Waals surface area contributed by atoms with Gasteiger partial charge in [-0.2, -0.15) is 0 Å². The minimum atomic E-state index is -0.360. The molecule has 0 radical (unpaired) electrons. The van der Waals surface area contributed by atoms with E-state index in [2.05, 4.69) is 4.74 Å². The number of hydrogen-bond acceptors (Lipinski definition) is 5. The molecule has 0 aliphatic carbocycles. The van der Waals surface area contributed by atoms with Crippen molar-refractivity contribution < 1.29 is 14.6 Å². The van der Waals surface area contributed by atoms with Crippen molar-refractivity contribution in [3.05, 3.63) is 48.0 Å². The van der Waals surface area contributed by atoms with Crippen LogP contribution in [0.3, 0.4) is 0 Å². The summed E-state index contributed by atoms with van der Waals surface area (Å²) in [7, 11) is 1.35. The second-order valence-corrected chi connectivity index (χ2v) is 4.99. The highest BCUT2D eigenvalue weighted by Gasteiger charge is 2.06. The van der Waals surface area contributed by atoms with E-state index in [0.29, 0.717) is 11.3 Å². The normalized spacial score (nSPS) is 10.2. The summed E-state index contributed by atoms with van der Waals surface area (Å²) in [6.07, 6.45) is 0. The van der Waals surface area contributed by atoms with Gasteiger partial charge in [-0.15, -0.1) is 0 Å². The van der Waals surface area contributed by atoms with Crippen LogP contribution in [0, 0.1) is 0 Å². The van der Waals surface area contributed by atoms with Crippen LogP contribution >= 0.6 is 11.8 Å². The number of esters is 1. The minimum absolute atomic E-state index is 0.0659. The molecule has 0 saturated heterocycles. The molecule has 3 N–H and O–H groups in total. The fraction of sp³-hybridized carbons (Fsp3) is 0.0714. The molecule has 5 heteroatoms. The molecule has 0 aliphatic heterocycles. The van der Waals surface area contributed by atoms with Crippen LogP contribution in [0.4, 0.5) is 5.69 Å². The molecule has 0 heterocycles. The second-order valence-electron chi connectivity index (χ2n) is 3.84. The van der Waals surface area contributed by atoms with E-state index in [-0.39, 0.29) is 11.7 Å². The van der Waals surface area contributed by atoms with Crippen LogP contribution in [0.5, 0.6) is 5.75 Å². The highest BCUT2D eigenvalue weighted by molar-refractivity contribution is 7.99. The van der Waals surface area contributed by atoms with Gasteiger partial charge in [-0.25, -0.2) is 4.79 Å². The molecule has 2 aromatic carbocycles. The van der Waals surface area contributed by atoms with Crippen molar-refractivity contribution in [3.8, 4) is 5.75 Å². The molecule has 0 bridgehead atoms. The van der Waals surface area contributed by atoms with Gasteiger partial charge in [0, 0.05) is 9.79 Å². The fourth-order valence-corrected chi connectivity index (χ4v) is 2.35. The van der Waals surface area contributed by atoms with Gasteiger partial charge in [0.05, 0.1) is 18.4 Å². The number of benzene rings is 2. The zero-order chi connectivity index (χ0) is 13.8. The second kappa shape index (κ2) is 5.67. The number of nitrogen functional groups attached to an aromatic ring is 1. The lowest BCUT2D eigenvalue weighted by Gasteiger charge is -2.05. The van der Waals surface area contributed by atoms with Crippen molar-refractivity contribution in [2.45, 2.75) is 9.79 Å². The Hall–Kier alpha value is -2.14. The van der Waals surface area contributed by atoms with Crippen molar-refractivity contribution in [2.75, 3.05) is 12.8 Å². The maximum Gasteiger partial charge on any atom is 0.337 e. The van der Waals surface area contributed by atoms with Crippen molar-refractivity contribution in [1.82, 2.24) is 0 Å². The largest absolute Gasteiger partial charge is 0.506 e. The number of phenols is 1. The third-order valence-electron chi connectivity index (χ3n) is 2.51. The van der Waals surface area contributed by atoms with E-state index < -0.39 is 0 Å². The smallest absolute Gasteiger partial charge is 0.337 e. The van der Waals surface area contributed by atoms with Crippen molar-refractivity contribution in [2.24, 2.45) is 0 Å². The Bertz CT molecular complexity index is 596. The van der Waals surface area contributed by atoms with Crippen molar-refractivity contribution >= 4 is 23.4 Å². The van der Waals surface area contributed by atoms with Gasteiger partial charge in [0.25, 0.3) is 0 Å². The average molecular weight is 275 g/mol. The third kappa shape index (κ3) is 3.20. The summed E-state index contributed by atoms with van der Waals surface area (Å²) in [5.74, 6) is -0.294. The lowest BCUT2D eigenvalue weighted by molar-refractivity contribution is 0.0600. The molecule has 0 fully saturated rings. The van der Waals surface area contributed by atoms with Gasteiger partial charge in [0.15, 0.2) is 0 Å². The molecule has 0 saturated carbocycles. The van der Waals surface area contributed by atoms with Crippen LogP contribution in [0.15, 0.2) is 52.3 Å². The summed E-state index contributed by atoms with van der Waals surface area (Å²) in [4.78, 5) is 13.1. The highest BCUT2D eigenvalue weighted by atomic mass is 32.2. The summed E-state index contributed by atoms with van der Waals surface area (Å²) in [6.45, 7) is 0. The van der Waals surface area contributed by atoms with Crippen molar-refractivity contribution in [3.63, 3.8) is 0 Å². The summed E-state index contributed by atoms with van der Waals surface area (Å²) in [6, 6.07) is 12.1. The fourth-order valence-electron chi connectivity index (χ4n) is 1.50. The molecule has 0 aliphatic rings. The number of rotatable bonds is 3. The Balaban J connectivity index is 2.15. The maximum atomic E-state index is 11.3. The Morgan fingerprint density at radius 2 is 1.79 bits per heavy atom. The Morgan fingerprint density at radius 3 is 2.37 bits per heavy atom. The summed E-state index contributed by atoms with van der Waals surface area (Å²) >= 11 is 1.47. The lowest BCUT2D eigenvalue weighted by Crippen LogP contribution is -2.00. The van der Waals surface area contributed by atoms with E-state index in [0.717, 1.165) is 9.79 Å². The monoisotopic (exact) mass is 275 g/mol. The van der Waals surface area contributed by atoms with Crippen LogP contribution in [0.25, 0.3) is 0 Å². The van der Waals surface area contributed by atoms with Crippen LogP contribution < -0.4 is 5.73 Å². The van der Waals surface area contributed by atoms with Crippen LogP contribution in [0.2, 0.25) is 0 Å². The Morgan fingerprint density at radius 1 is 1.16 bits per heavy atom. The van der Waals surface area contributed by atoms with Crippen molar-refractivity contribution in [1.29, 1.82) is 0 Å². The zero-order valence-corrected chi connectivity index (χ0v) is 11.1. The number of aromatic hydroxyl groups is 1. The SMILES string of the molecule is COC(=O)c1ccc(Sc2ccc(N)c(O)c2)cc1. The first-order chi connectivity index (χ1) is 9.10. The molecule has 0 atom stereocenters. The first-order valence-electron chi connectivity index (χ1n) is 5.55. The molecular weight excluding hydrogens is 262 g/mol. The van der Waals surface area contributed by atoms with Gasteiger partial charge in [0.2, 0.25) is 0 Å². The standard InChI is InChI=1S/C14H13NO3S/c1-18-14(17)9-2-4-10(5-3-9)19-11-6-7-12(15)13(16)8-11/h2-8,16H,15H2,1H3. The highest BCUT2D eigenvalue weighted by Crippen LogP contribution is 2.32. The van der Waals surface area contributed by atoms with Crippen LogP contribution in [-0.2, 0) is 4.74 Å². The first kappa shape index (κ1) is 13.3. The summed E-state index contributed by atoms with van der Waals surface area (Å²) in [5.41, 5.74) is 6.40. The van der Waals surface area contributed by atoms with E-state index in [4.69, 9.17) is 5.73 Å². The molecule has 4 nitrogen and oxygen atoms in total. The topological polar surface area (TPSA) is 72.5 Å². The quantitative estimate of drug-likeness (QED) is 0.512. The van der Waals surface area contributed by atoms with E-state index in [1.165, 1.54) is 18.9 Å². The molecular formula is C14H13NO3S. The van der Waals surface area contributed by atoms with E-state index in [1.54, 1.807) is 24.3 Å². The predicted molar refractivity (Wildman–Crippen MR) is 74.4 cm³/mol. The lowest BCUT2D eigenvalue weighted by atomic mass is 10.2. The summed E-state index contributed by atoms with van der Waals surface area (Å²) < 4.78 is 4.63. The number of nitrogens with two attached hydrogens (primary N) is 1. The molecule has 0 amide bonds. The number of anilines is 1. The van der Waals surface area contributed by atoms with Gasteiger partial charge in [-0.3, -0.25) is 0 Å². The van der Waals surface area contributed by atoms with E-state index in [1.807, 2.05) is 18.2 Å². The maximum absolute atomic E-state index is 11.3. The molecule has 2 aromatic rings. The van der Waals surface area contributed by atoms with Gasteiger partial charge in [0.1, 0.15) is 5.75 Å². The van der Waals surface area contributed by atoms with E-state index in [9.17, 15) is 9.90 Å². The third-order valence-corrected chi connectivity index (χ3v) is 3.51. The number of carbonyl (C=O) groups is 1. The molecule has 0 spiro atoms. The van der Waals surface area contributed by atoms with Crippen LogP contribution in [-0.4, -0.2) is 18.2 Å². The Labute approximate surface area is 115 Å². The summed E-state index contributed by atoms with van der Waals surface area (Å²) in [5, 5.41) is 9.53. The molecule has 2 rings (SSSR count). The molecule has 0 aromatic heterocycles. The number of methoxy groups -OCH3 is 1. The number of ether oxygens (including phenoxy) is 1. The van der Waals surface area contributed by atoms with E-state index >= 15 is 0 Å². The first-order valence-corrected chi connectivity index (χ1v) is 6.36. The average Bonchev–Trinajstić information content (AvgIpc) is 2.43. The Kier molecular flexibility index (Phi) is 3.97. The predicted octanol–water partition coefficient (Wildman–Crippen LogP) is 2.91. The minimum Gasteiger partial charge on any atom is -0.506 e. The van der Waals surface area contributed by atoms with Gasteiger partial charge in [-0.1, -0.05) is 11.8 Å². The number of phenolic OH excluding ortho intramolecular Hbond substituents is 1. The van der Waals surface area contributed by atoms with Gasteiger partial charge < -0.3 is 15.6 Å². The number of hydrogen-bond donors (Lipinski definition) is 2. The molecule has 98 valence electrons. The van der Waals surface area contributed by atoms with Crippen LogP contribution in [0.1, 0.15) is 10.4 Å². The zero-order valence-electron chi connectivity index (χ0n) is 10.3. The van der Waals surface area contributed by atoms with Gasteiger partial charge >= 0.3 is 5.97 Å². The van der Waals surface area contributed by atoms with Gasteiger partial charge in [-0.05, 0) is 42.5 Å². The molecule has 19 heavy (non-hydrogen) atoms. The number of carbonyl (C=O) groups excluding carboxylic acids is 1. The molecule has 0 unspecified atom stereocenters.